The number of amides is 1. The first-order valence-corrected chi connectivity index (χ1v) is 14.1. The standard InChI is InChI=1S/C23H30N6O3S2/c1-3-4-5-6-7-11-22(30)24-20-9-8-10-21(16-20)29-23(25-27-28-29)33-17-18-12-14-19(15-13-18)26-34(2,31)32/h8-10,12-16,26H,3-7,11,17H2,1-2H3,(H,24,30). The summed E-state index contributed by atoms with van der Waals surface area (Å²) in [4.78, 5) is 12.3. The Labute approximate surface area is 204 Å². The third-order valence-corrected chi connectivity index (χ3v) is 6.54. The van der Waals surface area contributed by atoms with Crippen LogP contribution in [-0.4, -0.2) is 40.8 Å². The molecule has 1 heterocycles. The molecule has 0 bridgehead atoms. The molecular weight excluding hydrogens is 472 g/mol. The van der Waals surface area contributed by atoms with E-state index < -0.39 is 10.0 Å². The molecule has 0 aliphatic heterocycles. The summed E-state index contributed by atoms with van der Waals surface area (Å²) in [6, 6.07) is 14.6. The first kappa shape index (κ1) is 25.7. The second kappa shape index (κ2) is 12.5. The first-order chi connectivity index (χ1) is 16.3. The van der Waals surface area contributed by atoms with E-state index in [-0.39, 0.29) is 5.91 Å². The highest BCUT2D eigenvalue weighted by Crippen LogP contribution is 2.24. The Bertz CT molecular complexity index is 1180. The van der Waals surface area contributed by atoms with Gasteiger partial charge in [-0.3, -0.25) is 9.52 Å². The summed E-state index contributed by atoms with van der Waals surface area (Å²) in [7, 11) is -3.31. The molecule has 0 radical (unpaired) electrons. The molecule has 34 heavy (non-hydrogen) atoms. The Morgan fingerprint density at radius 2 is 1.79 bits per heavy atom. The van der Waals surface area contributed by atoms with E-state index in [2.05, 4.69) is 32.5 Å². The zero-order valence-corrected chi connectivity index (χ0v) is 21.0. The van der Waals surface area contributed by atoms with Gasteiger partial charge in [0, 0.05) is 23.5 Å². The van der Waals surface area contributed by atoms with Gasteiger partial charge in [-0.2, -0.15) is 4.68 Å². The first-order valence-electron chi connectivity index (χ1n) is 11.2. The molecule has 0 atom stereocenters. The lowest BCUT2D eigenvalue weighted by molar-refractivity contribution is -0.116. The SMILES string of the molecule is CCCCCCCC(=O)Nc1cccc(-n2nnnc2SCc2ccc(NS(C)(=O)=O)cc2)c1. The van der Waals surface area contributed by atoms with Crippen LogP contribution in [0.5, 0.6) is 0 Å². The van der Waals surface area contributed by atoms with Gasteiger partial charge < -0.3 is 5.32 Å². The Hall–Kier alpha value is -2.92. The van der Waals surface area contributed by atoms with Gasteiger partial charge in [0.15, 0.2) is 0 Å². The van der Waals surface area contributed by atoms with Crippen molar-refractivity contribution in [3.63, 3.8) is 0 Å². The van der Waals surface area contributed by atoms with Crippen LogP contribution < -0.4 is 10.0 Å². The second-order valence-corrected chi connectivity index (χ2v) is 10.7. The Kier molecular flexibility index (Phi) is 9.46. The number of carbonyl (C=O) groups is 1. The molecule has 11 heteroatoms. The van der Waals surface area contributed by atoms with Crippen LogP contribution >= 0.6 is 11.8 Å². The summed E-state index contributed by atoms with van der Waals surface area (Å²) in [6.07, 6.45) is 7.16. The molecule has 3 aromatic rings. The number of unbranched alkanes of at least 4 members (excludes halogenated alkanes) is 4. The molecule has 182 valence electrons. The number of tetrazole rings is 1. The number of sulfonamides is 1. The second-order valence-electron chi connectivity index (χ2n) is 8.00. The summed E-state index contributed by atoms with van der Waals surface area (Å²) in [5.41, 5.74) is 2.97. The van der Waals surface area contributed by atoms with Gasteiger partial charge in [0.05, 0.1) is 11.9 Å². The van der Waals surface area contributed by atoms with Crippen LogP contribution in [0.15, 0.2) is 53.7 Å². The van der Waals surface area contributed by atoms with E-state index in [4.69, 9.17) is 0 Å². The molecule has 0 aliphatic rings. The lowest BCUT2D eigenvalue weighted by atomic mass is 10.1. The largest absolute Gasteiger partial charge is 0.326 e. The van der Waals surface area contributed by atoms with Gasteiger partial charge in [-0.25, -0.2) is 8.42 Å². The van der Waals surface area contributed by atoms with Crippen LogP contribution in [0, 0.1) is 0 Å². The fourth-order valence-corrected chi connectivity index (χ4v) is 4.70. The van der Waals surface area contributed by atoms with E-state index in [1.807, 2.05) is 36.4 Å². The molecule has 1 amide bonds. The summed E-state index contributed by atoms with van der Waals surface area (Å²) in [5, 5.41) is 15.6. The van der Waals surface area contributed by atoms with Crippen LogP contribution in [-0.2, 0) is 20.6 Å². The lowest BCUT2D eigenvalue weighted by Crippen LogP contribution is -2.11. The summed E-state index contributed by atoms with van der Waals surface area (Å²) in [5.74, 6) is 0.613. The number of rotatable bonds is 13. The predicted octanol–water partition coefficient (Wildman–Crippen LogP) is 4.63. The lowest BCUT2D eigenvalue weighted by Gasteiger charge is -2.09. The molecule has 0 spiro atoms. The number of hydrogen-bond donors (Lipinski definition) is 2. The van der Waals surface area contributed by atoms with E-state index in [1.54, 1.807) is 16.8 Å². The minimum Gasteiger partial charge on any atom is -0.326 e. The topological polar surface area (TPSA) is 119 Å². The third-order valence-electron chi connectivity index (χ3n) is 4.95. The number of thioether (sulfide) groups is 1. The van der Waals surface area contributed by atoms with Crippen LogP contribution in [0.4, 0.5) is 11.4 Å². The third kappa shape index (κ3) is 8.45. The zero-order chi connectivity index (χ0) is 24.4. The van der Waals surface area contributed by atoms with Crippen molar-refractivity contribution in [2.75, 3.05) is 16.3 Å². The maximum absolute atomic E-state index is 12.3. The van der Waals surface area contributed by atoms with Crippen molar-refractivity contribution < 1.29 is 13.2 Å². The minimum atomic E-state index is -3.31. The smallest absolute Gasteiger partial charge is 0.229 e. The molecule has 0 saturated carbocycles. The molecule has 9 nitrogen and oxygen atoms in total. The average Bonchev–Trinajstić information content (AvgIpc) is 3.26. The van der Waals surface area contributed by atoms with Crippen molar-refractivity contribution in [2.24, 2.45) is 0 Å². The van der Waals surface area contributed by atoms with Crippen LogP contribution in [0.2, 0.25) is 0 Å². The summed E-state index contributed by atoms with van der Waals surface area (Å²) >= 11 is 1.46. The Morgan fingerprint density at radius 1 is 1.03 bits per heavy atom. The van der Waals surface area contributed by atoms with Crippen molar-refractivity contribution in [1.29, 1.82) is 0 Å². The van der Waals surface area contributed by atoms with Crippen molar-refractivity contribution in [3.8, 4) is 5.69 Å². The molecule has 1 aromatic heterocycles. The maximum atomic E-state index is 12.3. The number of carbonyl (C=O) groups excluding carboxylic acids is 1. The zero-order valence-electron chi connectivity index (χ0n) is 19.4. The fraction of sp³-hybridized carbons (Fsp3) is 0.391. The van der Waals surface area contributed by atoms with Crippen molar-refractivity contribution in [1.82, 2.24) is 20.2 Å². The summed E-state index contributed by atoms with van der Waals surface area (Å²) in [6.45, 7) is 2.17. The van der Waals surface area contributed by atoms with E-state index in [0.29, 0.717) is 28.7 Å². The number of hydrogen-bond acceptors (Lipinski definition) is 7. The number of anilines is 2. The van der Waals surface area contributed by atoms with E-state index in [1.165, 1.54) is 31.0 Å². The van der Waals surface area contributed by atoms with Crippen molar-refractivity contribution in [3.05, 3.63) is 54.1 Å². The van der Waals surface area contributed by atoms with Gasteiger partial charge in [-0.15, -0.1) is 5.10 Å². The fourth-order valence-electron chi connectivity index (χ4n) is 3.29. The number of aromatic nitrogens is 4. The van der Waals surface area contributed by atoms with Crippen LogP contribution in [0.25, 0.3) is 5.69 Å². The molecule has 0 fully saturated rings. The van der Waals surface area contributed by atoms with Gasteiger partial charge in [0.25, 0.3) is 0 Å². The average molecular weight is 503 g/mol. The van der Waals surface area contributed by atoms with Gasteiger partial charge in [0.2, 0.25) is 21.1 Å². The van der Waals surface area contributed by atoms with Crippen molar-refractivity contribution >= 4 is 39.1 Å². The molecule has 3 rings (SSSR count). The molecule has 2 aromatic carbocycles. The monoisotopic (exact) mass is 502 g/mol. The Balaban J connectivity index is 1.58. The van der Waals surface area contributed by atoms with Crippen LogP contribution in [0.3, 0.4) is 0 Å². The van der Waals surface area contributed by atoms with E-state index in [0.717, 1.165) is 30.3 Å². The highest BCUT2D eigenvalue weighted by atomic mass is 32.2. The molecule has 0 saturated heterocycles. The maximum Gasteiger partial charge on any atom is 0.229 e. The van der Waals surface area contributed by atoms with Gasteiger partial charge in [0.1, 0.15) is 0 Å². The van der Waals surface area contributed by atoms with Gasteiger partial charge in [-0.05, 0) is 52.7 Å². The number of nitrogens with one attached hydrogen (secondary N) is 2. The summed E-state index contributed by atoms with van der Waals surface area (Å²) < 4.78 is 26.8. The van der Waals surface area contributed by atoms with E-state index in [9.17, 15) is 13.2 Å². The van der Waals surface area contributed by atoms with Crippen LogP contribution in [0.1, 0.15) is 51.0 Å². The quantitative estimate of drug-likeness (QED) is 0.258. The van der Waals surface area contributed by atoms with Gasteiger partial charge >= 0.3 is 0 Å². The minimum absolute atomic E-state index is 0.00812. The molecule has 0 unspecified atom stereocenters. The number of nitrogens with zero attached hydrogens (tertiary/aromatic N) is 4. The molecule has 2 N–H and O–H groups in total. The normalized spacial score (nSPS) is 11.4. The van der Waals surface area contributed by atoms with E-state index >= 15 is 0 Å². The highest BCUT2D eigenvalue weighted by Gasteiger charge is 2.11. The Morgan fingerprint density at radius 3 is 2.53 bits per heavy atom. The number of benzene rings is 2. The predicted molar refractivity (Wildman–Crippen MR) is 136 cm³/mol. The molecular formula is C23H30N6O3S2. The van der Waals surface area contributed by atoms with Gasteiger partial charge in [-0.1, -0.05) is 62.6 Å². The highest BCUT2D eigenvalue weighted by molar-refractivity contribution is 7.98. The van der Waals surface area contributed by atoms with Crippen molar-refractivity contribution in [2.45, 2.75) is 56.4 Å². The molecule has 0 aliphatic carbocycles.